The minimum Gasteiger partial charge on any atom is -0.493 e. The smallest absolute Gasteiger partial charge is 0.219 e. The number of aryl methyl sites for hydroxylation is 1. The Morgan fingerprint density at radius 2 is 1.37 bits per heavy atom. The lowest BCUT2D eigenvalue weighted by Crippen LogP contribution is -2.26. The van der Waals surface area contributed by atoms with Gasteiger partial charge in [0.15, 0.2) is 34.9 Å². The highest BCUT2D eigenvalue weighted by molar-refractivity contribution is 6.06. The van der Waals surface area contributed by atoms with E-state index in [0.29, 0.717) is 28.7 Å². The molecule has 0 aliphatic rings. The molecule has 6 aromatic rings. The molecular formula is C34H31N2O5+. The van der Waals surface area contributed by atoms with Crippen LogP contribution in [0.1, 0.15) is 5.69 Å². The van der Waals surface area contributed by atoms with Gasteiger partial charge in [0.25, 0.3) is 0 Å². The van der Waals surface area contributed by atoms with Crippen molar-refractivity contribution in [2.24, 2.45) is 0 Å². The molecule has 7 heteroatoms. The van der Waals surface area contributed by atoms with Crippen LogP contribution >= 0.6 is 0 Å². The molecule has 0 atom stereocenters. The maximum Gasteiger partial charge on any atom is 0.219 e. The van der Waals surface area contributed by atoms with Crippen LogP contribution in [-0.2, 0) is 0 Å². The monoisotopic (exact) mass is 547 g/mol. The van der Waals surface area contributed by atoms with Crippen LogP contribution < -0.4 is 28.1 Å². The zero-order chi connectivity index (χ0) is 28.7. The van der Waals surface area contributed by atoms with E-state index < -0.39 is 0 Å². The van der Waals surface area contributed by atoms with Crippen LogP contribution in [0.25, 0.3) is 49.4 Å². The maximum atomic E-state index is 5.98. The molecule has 0 aliphatic carbocycles. The van der Waals surface area contributed by atoms with E-state index in [4.69, 9.17) is 28.7 Å². The Kier molecular flexibility index (Phi) is 6.71. The highest BCUT2D eigenvalue weighted by atomic mass is 16.5. The molecule has 0 saturated heterocycles. The van der Waals surface area contributed by atoms with E-state index in [2.05, 4.69) is 41.7 Å². The fourth-order valence-corrected chi connectivity index (χ4v) is 5.74. The summed E-state index contributed by atoms with van der Waals surface area (Å²) in [4.78, 5) is 4.75. The summed E-state index contributed by atoms with van der Waals surface area (Å²) in [6.45, 7) is 2.07. The van der Waals surface area contributed by atoms with Gasteiger partial charge >= 0.3 is 0 Å². The molecule has 7 nitrogen and oxygen atoms in total. The standard InChI is InChI=1S/C34H31N2O5/c1-20-30-23(18-29(37-2)33(40-5)34(30)41-6)17-28-25-19-26(32(39-4)31(38-3)24(25)13-15-36(20)28)27-16-22(12-14-35-27)21-10-8-7-9-11-21/h7-19H,1-6H3/q+1. The van der Waals surface area contributed by atoms with Gasteiger partial charge in [-0.3, -0.25) is 4.98 Å². The second-order valence-electron chi connectivity index (χ2n) is 9.66. The first-order valence-electron chi connectivity index (χ1n) is 13.2. The summed E-state index contributed by atoms with van der Waals surface area (Å²) in [5, 5.41) is 3.83. The normalized spacial score (nSPS) is 11.2. The highest BCUT2D eigenvalue weighted by Gasteiger charge is 2.26. The van der Waals surface area contributed by atoms with Crippen LogP contribution in [0, 0.1) is 6.92 Å². The van der Waals surface area contributed by atoms with Gasteiger partial charge in [-0.05, 0) is 35.4 Å². The Morgan fingerprint density at radius 3 is 2.05 bits per heavy atom. The van der Waals surface area contributed by atoms with Crippen molar-refractivity contribution in [1.82, 2.24) is 4.98 Å². The lowest BCUT2D eigenvalue weighted by Gasteiger charge is -2.17. The Morgan fingerprint density at radius 1 is 0.634 bits per heavy atom. The van der Waals surface area contributed by atoms with Crippen molar-refractivity contribution in [3.05, 3.63) is 84.8 Å². The van der Waals surface area contributed by atoms with Gasteiger partial charge < -0.3 is 23.7 Å². The van der Waals surface area contributed by atoms with Crippen molar-refractivity contribution in [1.29, 1.82) is 0 Å². The molecule has 206 valence electrons. The lowest BCUT2D eigenvalue weighted by atomic mass is 9.98. The van der Waals surface area contributed by atoms with Gasteiger partial charge in [0.2, 0.25) is 11.3 Å². The first-order chi connectivity index (χ1) is 20.0. The third-order valence-corrected chi connectivity index (χ3v) is 7.63. The molecular weight excluding hydrogens is 516 g/mol. The van der Waals surface area contributed by atoms with E-state index in [1.807, 2.05) is 48.8 Å². The fraction of sp³-hybridized carbons (Fsp3) is 0.176. The van der Waals surface area contributed by atoms with Gasteiger partial charge in [0, 0.05) is 41.6 Å². The Bertz CT molecular complexity index is 1940. The topological polar surface area (TPSA) is 63.1 Å². The molecule has 0 radical (unpaired) electrons. The van der Waals surface area contributed by atoms with Crippen LogP contribution in [0.4, 0.5) is 0 Å². The number of pyridine rings is 3. The largest absolute Gasteiger partial charge is 0.493 e. The summed E-state index contributed by atoms with van der Waals surface area (Å²) in [5.41, 5.74) is 5.80. The molecule has 0 spiro atoms. The molecule has 0 amide bonds. The van der Waals surface area contributed by atoms with Crippen molar-refractivity contribution in [3.8, 4) is 51.1 Å². The quantitative estimate of drug-likeness (QED) is 0.124. The lowest BCUT2D eigenvalue weighted by molar-refractivity contribution is -0.516. The molecule has 0 unspecified atom stereocenters. The van der Waals surface area contributed by atoms with Gasteiger partial charge in [-0.15, -0.1) is 0 Å². The van der Waals surface area contributed by atoms with Gasteiger partial charge in [-0.2, -0.15) is 4.40 Å². The van der Waals surface area contributed by atoms with E-state index in [1.165, 1.54) is 0 Å². The third-order valence-electron chi connectivity index (χ3n) is 7.63. The van der Waals surface area contributed by atoms with Gasteiger partial charge in [-0.1, -0.05) is 30.3 Å². The summed E-state index contributed by atoms with van der Waals surface area (Å²) in [5.74, 6) is 3.07. The van der Waals surface area contributed by atoms with Crippen LogP contribution in [0.2, 0.25) is 0 Å². The molecule has 0 bridgehead atoms. The van der Waals surface area contributed by atoms with E-state index in [1.54, 1.807) is 35.5 Å². The maximum absolute atomic E-state index is 5.98. The van der Waals surface area contributed by atoms with Crippen LogP contribution in [0.5, 0.6) is 28.7 Å². The number of fused-ring (bicyclic) bond motifs is 4. The summed E-state index contributed by atoms with van der Waals surface area (Å²) >= 11 is 0. The number of nitrogens with zero attached hydrogens (tertiary/aromatic N) is 2. The van der Waals surface area contributed by atoms with Crippen molar-refractivity contribution in [2.45, 2.75) is 6.92 Å². The number of rotatable bonds is 7. The summed E-state index contributed by atoms with van der Waals surface area (Å²) in [6, 6.07) is 22.7. The number of benzene rings is 3. The van der Waals surface area contributed by atoms with E-state index in [0.717, 1.165) is 55.1 Å². The second-order valence-corrected chi connectivity index (χ2v) is 9.66. The predicted octanol–water partition coefficient (Wildman–Crippen LogP) is 6.81. The van der Waals surface area contributed by atoms with E-state index in [9.17, 15) is 0 Å². The minimum atomic E-state index is 0.560. The highest BCUT2D eigenvalue weighted by Crippen LogP contribution is 2.47. The van der Waals surface area contributed by atoms with Gasteiger partial charge in [-0.25, -0.2) is 0 Å². The third kappa shape index (κ3) is 4.12. The number of aromatic nitrogens is 2. The molecule has 0 fully saturated rings. The number of methoxy groups -OCH3 is 5. The Balaban J connectivity index is 1.70. The van der Waals surface area contributed by atoms with E-state index >= 15 is 0 Å². The van der Waals surface area contributed by atoms with Crippen molar-refractivity contribution in [3.63, 3.8) is 0 Å². The van der Waals surface area contributed by atoms with E-state index in [-0.39, 0.29) is 0 Å². The summed E-state index contributed by atoms with van der Waals surface area (Å²) < 4.78 is 31.2. The summed E-state index contributed by atoms with van der Waals surface area (Å²) in [7, 11) is 8.21. The minimum absolute atomic E-state index is 0.560. The molecule has 6 rings (SSSR count). The molecule has 3 aromatic heterocycles. The first kappa shape index (κ1) is 26.2. The molecule has 0 aliphatic heterocycles. The molecule has 0 saturated carbocycles. The van der Waals surface area contributed by atoms with Crippen molar-refractivity contribution < 1.29 is 28.1 Å². The molecule has 0 N–H and O–H groups in total. The van der Waals surface area contributed by atoms with Crippen LogP contribution in [-0.4, -0.2) is 40.5 Å². The molecule has 41 heavy (non-hydrogen) atoms. The summed E-state index contributed by atoms with van der Waals surface area (Å²) in [6.07, 6.45) is 3.87. The van der Waals surface area contributed by atoms with Gasteiger partial charge in [0.05, 0.1) is 52.0 Å². The average Bonchev–Trinajstić information content (AvgIpc) is 3.03. The Hall–Kier alpha value is -5.04. The Labute approximate surface area is 238 Å². The second kappa shape index (κ2) is 10.5. The number of hydrogen-bond donors (Lipinski definition) is 0. The van der Waals surface area contributed by atoms with Crippen molar-refractivity contribution in [2.75, 3.05) is 35.5 Å². The fourth-order valence-electron chi connectivity index (χ4n) is 5.74. The number of ether oxygens (including phenoxy) is 5. The zero-order valence-corrected chi connectivity index (χ0v) is 23.9. The first-order valence-corrected chi connectivity index (χ1v) is 13.2. The molecule has 3 heterocycles. The molecule has 3 aromatic carbocycles. The van der Waals surface area contributed by atoms with Crippen LogP contribution in [0.15, 0.2) is 79.1 Å². The predicted molar refractivity (Wildman–Crippen MR) is 161 cm³/mol. The zero-order valence-electron chi connectivity index (χ0n) is 23.9. The number of hydrogen-bond acceptors (Lipinski definition) is 6. The average molecular weight is 548 g/mol. The van der Waals surface area contributed by atoms with Gasteiger partial charge in [0.1, 0.15) is 0 Å². The van der Waals surface area contributed by atoms with Crippen LogP contribution in [0.3, 0.4) is 0 Å². The van der Waals surface area contributed by atoms with Crippen molar-refractivity contribution >= 4 is 27.1 Å². The SMILES string of the molecule is COc1cc2cc3c4cc(-c5cc(-c6ccccc6)ccn5)c(OC)c(OC)c4cc[n+]3c(C)c2c(OC)c1OC.